The van der Waals surface area contributed by atoms with Crippen LogP contribution in [0.2, 0.25) is 0 Å². The third-order valence-electron chi connectivity index (χ3n) is 2.85. The lowest BCUT2D eigenvalue weighted by Crippen LogP contribution is -2.15. The molecular formula is C14H13BrN2O3. The zero-order valence-corrected chi connectivity index (χ0v) is 12.5. The molecule has 0 aliphatic carbocycles. The highest BCUT2D eigenvalue weighted by molar-refractivity contribution is 9.10. The smallest absolute Gasteiger partial charge is 0.354 e. The maximum Gasteiger partial charge on any atom is 0.354 e. The molecule has 3 N–H and O–H groups in total. The molecule has 5 nitrogen and oxygen atoms in total. The maximum atomic E-state index is 12.2. The normalized spacial score (nSPS) is 10.3. The van der Waals surface area contributed by atoms with Crippen LogP contribution in [0.3, 0.4) is 0 Å². The molecule has 1 aromatic heterocycles. The molecule has 2 rings (SSSR count). The first-order valence-electron chi connectivity index (χ1n) is 5.89. The first-order chi connectivity index (χ1) is 9.38. The Morgan fingerprint density at radius 1 is 1.25 bits per heavy atom. The molecule has 20 heavy (non-hydrogen) atoms. The number of aromatic nitrogens is 1. The maximum absolute atomic E-state index is 12.2. The molecule has 0 saturated carbocycles. The number of aromatic carboxylic acids is 1. The quantitative estimate of drug-likeness (QED) is 0.803. The van der Waals surface area contributed by atoms with Gasteiger partial charge in [-0.1, -0.05) is 15.9 Å². The number of carbonyl (C=O) groups excluding carboxylic acids is 1. The van der Waals surface area contributed by atoms with Gasteiger partial charge < -0.3 is 15.4 Å². The predicted octanol–water partition coefficient (Wildman–Crippen LogP) is 3.34. The lowest BCUT2D eigenvalue weighted by Gasteiger charge is -2.07. The van der Waals surface area contributed by atoms with Crippen molar-refractivity contribution in [3.05, 3.63) is 51.3 Å². The predicted molar refractivity (Wildman–Crippen MR) is 79.3 cm³/mol. The van der Waals surface area contributed by atoms with Gasteiger partial charge in [-0.2, -0.15) is 0 Å². The summed E-state index contributed by atoms with van der Waals surface area (Å²) in [5.74, 6) is -1.45. The Hall–Kier alpha value is -2.08. The van der Waals surface area contributed by atoms with E-state index in [-0.39, 0.29) is 17.3 Å². The number of rotatable bonds is 3. The lowest BCUT2D eigenvalue weighted by atomic mass is 10.1. The van der Waals surface area contributed by atoms with Crippen molar-refractivity contribution in [3.63, 3.8) is 0 Å². The van der Waals surface area contributed by atoms with E-state index in [2.05, 4.69) is 26.2 Å². The molecule has 0 spiro atoms. The van der Waals surface area contributed by atoms with Crippen LogP contribution in [0.15, 0.2) is 28.7 Å². The third kappa shape index (κ3) is 2.91. The van der Waals surface area contributed by atoms with E-state index in [1.165, 1.54) is 0 Å². The first kappa shape index (κ1) is 14.3. The molecule has 0 radical (unpaired) electrons. The van der Waals surface area contributed by atoms with Crippen LogP contribution >= 0.6 is 15.9 Å². The molecule has 0 aliphatic rings. The van der Waals surface area contributed by atoms with Crippen LogP contribution < -0.4 is 5.32 Å². The number of halogens is 1. The summed E-state index contributed by atoms with van der Waals surface area (Å²) in [6.07, 6.45) is 0. The number of carboxylic acid groups (broad SMARTS) is 1. The Morgan fingerprint density at radius 2 is 1.95 bits per heavy atom. The number of hydrogen-bond donors (Lipinski definition) is 3. The highest BCUT2D eigenvalue weighted by Crippen LogP contribution is 2.20. The molecule has 6 heteroatoms. The molecule has 0 unspecified atom stereocenters. The van der Waals surface area contributed by atoms with E-state index < -0.39 is 5.97 Å². The van der Waals surface area contributed by atoms with Crippen molar-refractivity contribution >= 4 is 33.5 Å². The van der Waals surface area contributed by atoms with Crippen molar-refractivity contribution in [2.45, 2.75) is 13.8 Å². The van der Waals surface area contributed by atoms with Gasteiger partial charge in [-0.3, -0.25) is 4.79 Å². The molecule has 1 heterocycles. The summed E-state index contributed by atoms with van der Waals surface area (Å²) >= 11 is 3.33. The van der Waals surface area contributed by atoms with Crippen molar-refractivity contribution in [2.75, 3.05) is 5.32 Å². The number of benzene rings is 1. The number of carboxylic acids is 1. The van der Waals surface area contributed by atoms with Crippen molar-refractivity contribution in [2.24, 2.45) is 0 Å². The summed E-state index contributed by atoms with van der Waals surface area (Å²) in [7, 11) is 0. The Labute approximate surface area is 124 Å². The minimum atomic E-state index is -1.11. The molecule has 0 aliphatic heterocycles. The van der Waals surface area contributed by atoms with Gasteiger partial charge in [0.1, 0.15) is 5.69 Å². The molecule has 104 valence electrons. The summed E-state index contributed by atoms with van der Waals surface area (Å²) in [5.41, 5.74) is 2.22. The van der Waals surface area contributed by atoms with Crippen LogP contribution in [0.25, 0.3) is 0 Å². The van der Waals surface area contributed by atoms with Gasteiger partial charge in [0.05, 0.1) is 5.69 Å². The summed E-state index contributed by atoms with van der Waals surface area (Å²) in [6, 6.07) is 6.88. The Balaban J connectivity index is 2.30. The van der Waals surface area contributed by atoms with Gasteiger partial charge in [-0.25, -0.2) is 4.79 Å². The van der Waals surface area contributed by atoms with Gasteiger partial charge in [-0.05, 0) is 43.7 Å². The van der Waals surface area contributed by atoms with Crippen molar-refractivity contribution in [1.82, 2.24) is 4.98 Å². The fourth-order valence-electron chi connectivity index (χ4n) is 1.93. The van der Waals surface area contributed by atoms with Crippen molar-refractivity contribution < 1.29 is 14.7 Å². The molecule has 0 bridgehead atoms. The number of amides is 1. The van der Waals surface area contributed by atoms with Gasteiger partial charge >= 0.3 is 5.97 Å². The second kappa shape index (κ2) is 5.50. The van der Waals surface area contributed by atoms with E-state index in [4.69, 9.17) is 5.11 Å². The van der Waals surface area contributed by atoms with Gasteiger partial charge in [0.25, 0.3) is 5.91 Å². The Morgan fingerprint density at radius 3 is 2.55 bits per heavy atom. The monoisotopic (exact) mass is 336 g/mol. The number of nitrogens with one attached hydrogen (secondary N) is 2. The van der Waals surface area contributed by atoms with E-state index in [1.807, 2.05) is 13.0 Å². The fraction of sp³-hybridized carbons (Fsp3) is 0.143. The molecule has 1 aromatic carbocycles. The third-order valence-corrected chi connectivity index (χ3v) is 3.34. The number of carbonyl (C=O) groups is 2. The standard InChI is InChI=1S/C14H13BrN2O3/c1-7-5-9(15)3-4-10(7)13(18)17-11-6-8(2)16-12(11)14(19)20/h3-6,16H,1-2H3,(H,17,18)(H,19,20). The molecule has 0 saturated heterocycles. The minimum Gasteiger partial charge on any atom is -0.477 e. The van der Waals surface area contributed by atoms with Crippen LogP contribution in [0.4, 0.5) is 5.69 Å². The van der Waals surface area contributed by atoms with E-state index in [1.54, 1.807) is 25.1 Å². The first-order valence-corrected chi connectivity index (χ1v) is 6.68. The van der Waals surface area contributed by atoms with Gasteiger partial charge in [-0.15, -0.1) is 0 Å². The van der Waals surface area contributed by atoms with Gasteiger partial charge in [0.15, 0.2) is 0 Å². The Kier molecular flexibility index (Phi) is 3.94. The summed E-state index contributed by atoms with van der Waals surface area (Å²) in [4.78, 5) is 26.0. The van der Waals surface area contributed by atoms with E-state index in [9.17, 15) is 9.59 Å². The molecule has 0 fully saturated rings. The zero-order chi connectivity index (χ0) is 14.9. The average molecular weight is 337 g/mol. The lowest BCUT2D eigenvalue weighted by molar-refractivity contribution is 0.0692. The molecule has 1 amide bonds. The number of H-pyrrole nitrogens is 1. The van der Waals surface area contributed by atoms with Crippen LogP contribution in [0, 0.1) is 13.8 Å². The van der Waals surface area contributed by atoms with Gasteiger partial charge in [0.2, 0.25) is 0 Å². The summed E-state index contributed by atoms with van der Waals surface area (Å²) in [5, 5.41) is 11.7. The number of aryl methyl sites for hydroxylation is 2. The van der Waals surface area contributed by atoms with Crippen molar-refractivity contribution in [3.8, 4) is 0 Å². The topological polar surface area (TPSA) is 82.2 Å². The van der Waals surface area contributed by atoms with Crippen LogP contribution in [-0.4, -0.2) is 22.0 Å². The fourth-order valence-corrected chi connectivity index (χ4v) is 2.40. The number of anilines is 1. The second-order valence-corrected chi connectivity index (χ2v) is 5.38. The highest BCUT2D eigenvalue weighted by Gasteiger charge is 2.17. The summed E-state index contributed by atoms with van der Waals surface area (Å²) < 4.78 is 0.885. The number of hydrogen-bond acceptors (Lipinski definition) is 2. The van der Waals surface area contributed by atoms with Gasteiger partial charge in [0, 0.05) is 15.7 Å². The van der Waals surface area contributed by atoms with Crippen LogP contribution in [-0.2, 0) is 0 Å². The molecule has 0 atom stereocenters. The highest BCUT2D eigenvalue weighted by atomic mass is 79.9. The van der Waals surface area contributed by atoms with Crippen molar-refractivity contribution in [1.29, 1.82) is 0 Å². The largest absolute Gasteiger partial charge is 0.477 e. The average Bonchev–Trinajstić information content (AvgIpc) is 2.70. The Bertz CT molecular complexity index is 692. The number of aromatic amines is 1. The molecular weight excluding hydrogens is 324 g/mol. The van der Waals surface area contributed by atoms with E-state index in [0.29, 0.717) is 11.3 Å². The SMILES string of the molecule is Cc1cc(NC(=O)c2ccc(Br)cc2C)c(C(=O)O)[nH]1. The van der Waals surface area contributed by atoms with E-state index >= 15 is 0 Å². The zero-order valence-electron chi connectivity index (χ0n) is 11.0. The van der Waals surface area contributed by atoms with Crippen LogP contribution in [0.1, 0.15) is 32.1 Å². The van der Waals surface area contributed by atoms with E-state index in [0.717, 1.165) is 10.0 Å². The second-order valence-electron chi connectivity index (χ2n) is 4.46. The minimum absolute atomic E-state index is 0.0226. The van der Waals surface area contributed by atoms with Crippen LogP contribution in [0.5, 0.6) is 0 Å². The summed E-state index contributed by atoms with van der Waals surface area (Å²) in [6.45, 7) is 3.55. The molecule has 2 aromatic rings.